The predicted molar refractivity (Wildman–Crippen MR) is 65.0 cm³/mol. The van der Waals surface area contributed by atoms with E-state index < -0.39 is 0 Å². The molecular weight excluding hydrogens is 252 g/mol. The van der Waals surface area contributed by atoms with Crippen LogP contribution in [0.2, 0.25) is 0 Å². The standard InChI is InChI=1S/C13H21BrO/c14-8-12(15)7-13-4-9-1-10(5-13)3-11(2-9)6-13/h9-12,15H,1-8H2. The van der Waals surface area contributed by atoms with Crippen LogP contribution in [0.15, 0.2) is 0 Å². The van der Waals surface area contributed by atoms with Crippen molar-refractivity contribution in [2.24, 2.45) is 23.2 Å². The molecule has 4 fully saturated rings. The van der Waals surface area contributed by atoms with Crippen LogP contribution in [0.25, 0.3) is 0 Å². The van der Waals surface area contributed by atoms with E-state index in [0.29, 0.717) is 5.41 Å². The molecule has 0 radical (unpaired) electrons. The van der Waals surface area contributed by atoms with Crippen LogP contribution in [0.1, 0.15) is 44.9 Å². The molecule has 1 unspecified atom stereocenters. The third kappa shape index (κ3) is 1.88. The van der Waals surface area contributed by atoms with Gasteiger partial charge in [-0.25, -0.2) is 0 Å². The number of hydrogen-bond donors (Lipinski definition) is 1. The molecule has 4 aliphatic carbocycles. The van der Waals surface area contributed by atoms with Gasteiger partial charge in [-0.3, -0.25) is 0 Å². The second-order valence-electron chi connectivity index (χ2n) is 6.43. The van der Waals surface area contributed by atoms with Crippen LogP contribution in [0, 0.1) is 23.2 Å². The van der Waals surface area contributed by atoms with Crippen molar-refractivity contribution in [2.75, 3.05) is 5.33 Å². The zero-order chi connectivity index (χ0) is 10.5. The number of halogens is 1. The van der Waals surface area contributed by atoms with Crippen LogP contribution in [-0.4, -0.2) is 16.5 Å². The average Bonchev–Trinajstić information content (AvgIpc) is 2.14. The van der Waals surface area contributed by atoms with Crippen molar-refractivity contribution in [2.45, 2.75) is 51.0 Å². The Morgan fingerprint density at radius 1 is 1.07 bits per heavy atom. The molecule has 1 atom stereocenters. The van der Waals surface area contributed by atoms with Gasteiger partial charge in [0, 0.05) is 5.33 Å². The fraction of sp³-hybridized carbons (Fsp3) is 1.00. The molecule has 4 aliphatic rings. The van der Waals surface area contributed by atoms with Crippen LogP contribution in [0.5, 0.6) is 0 Å². The molecule has 0 aromatic rings. The molecule has 4 saturated carbocycles. The van der Waals surface area contributed by atoms with E-state index in [0.717, 1.165) is 29.5 Å². The lowest BCUT2D eigenvalue weighted by Crippen LogP contribution is -2.47. The molecule has 0 saturated heterocycles. The van der Waals surface area contributed by atoms with Gasteiger partial charge in [-0.1, -0.05) is 15.9 Å². The Bertz CT molecular complexity index is 216. The molecular formula is C13H21BrO. The summed E-state index contributed by atoms with van der Waals surface area (Å²) in [6.45, 7) is 0. The van der Waals surface area contributed by atoms with Crippen LogP contribution in [-0.2, 0) is 0 Å². The van der Waals surface area contributed by atoms with E-state index >= 15 is 0 Å². The summed E-state index contributed by atoms with van der Waals surface area (Å²) >= 11 is 3.40. The average molecular weight is 273 g/mol. The molecule has 86 valence electrons. The zero-order valence-electron chi connectivity index (χ0n) is 9.29. The van der Waals surface area contributed by atoms with Crippen LogP contribution >= 0.6 is 15.9 Å². The van der Waals surface area contributed by atoms with E-state index in [9.17, 15) is 5.11 Å². The number of hydrogen-bond acceptors (Lipinski definition) is 1. The van der Waals surface area contributed by atoms with Gasteiger partial charge in [0.05, 0.1) is 6.10 Å². The molecule has 0 aromatic heterocycles. The van der Waals surface area contributed by atoms with Gasteiger partial charge < -0.3 is 5.11 Å². The van der Waals surface area contributed by atoms with Crippen molar-refractivity contribution >= 4 is 15.9 Å². The fourth-order valence-electron chi connectivity index (χ4n) is 5.09. The number of alkyl halides is 1. The fourth-order valence-corrected chi connectivity index (χ4v) is 5.32. The molecule has 15 heavy (non-hydrogen) atoms. The van der Waals surface area contributed by atoms with Gasteiger partial charge >= 0.3 is 0 Å². The summed E-state index contributed by atoms with van der Waals surface area (Å²) in [6, 6.07) is 0. The summed E-state index contributed by atoms with van der Waals surface area (Å²) in [5.41, 5.74) is 0.544. The van der Waals surface area contributed by atoms with Gasteiger partial charge in [0.25, 0.3) is 0 Å². The maximum absolute atomic E-state index is 9.87. The molecule has 1 N–H and O–H groups in total. The Labute approximate surface area is 101 Å². The van der Waals surface area contributed by atoms with Crippen molar-refractivity contribution in [3.05, 3.63) is 0 Å². The highest BCUT2D eigenvalue weighted by Crippen LogP contribution is 2.61. The molecule has 0 heterocycles. The minimum absolute atomic E-state index is 0.110. The first-order valence-corrected chi connectivity index (χ1v) is 7.55. The summed E-state index contributed by atoms with van der Waals surface area (Å²) in [5, 5.41) is 10.6. The number of aliphatic hydroxyl groups excluding tert-OH is 1. The lowest BCUT2D eigenvalue weighted by molar-refractivity contribution is -0.0729. The van der Waals surface area contributed by atoms with E-state index in [1.807, 2.05) is 0 Å². The zero-order valence-corrected chi connectivity index (χ0v) is 10.9. The Morgan fingerprint density at radius 2 is 1.53 bits per heavy atom. The van der Waals surface area contributed by atoms with Crippen molar-refractivity contribution in [1.29, 1.82) is 0 Å². The Balaban J connectivity index is 1.75. The Kier molecular flexibility index (Phi) is 2.63. The van der Waals surface area contributed by atoms with E-state index in [-0.39, 0.29) is 6.10 Å². The van der Waals surface area contributed by atoms with Gasteiger partial charge in [0.15, 0.2) is 0 Å². The maximum atomic E-state index is 9.87. The third-order valence-corrected chi connectivity index (χ3v) is 5.76. The predicted octanol–water partition coefficient (Wildman–Crippen LogP) is 3.35. The topological polar surface area (TPSA) is 20.2 Å². The molecule has 2 heteroatoms. The summed E-state index contributed by atoms with van der Waals surface area (Å²) in [4.78, 5) is 0. The number of aliphatic hydroxyl groups is 1. The maximum Gasteiger partial charge on any atom is 0.0642 e. The van der Waals surface area contributed by atoms with E-state index in [1.54, 1.807) is 0 Å². The second-order valence-corrected chi connectivity index (χ2v) is 7.08. The minimum Gasteiger partial charge on any atom is -0.392 e. The molecule has 0 spiro atoms. The highest BCUT2D eigenvalue weighted by molar-refractivity contribution is 9.09. The lowest BCUT2D eigenvalue weighted by atomic mass is 9.48. The van der Waals surface area contributed by atoms with Gasteiger partial charge in [-0.15, -0.1) is 0 Å². The van der Waals surface area contributed by atoms with Crippen molar-refractivity contribution in [3.8, 4) is 0 Å². The SMILES string of the molecule is OC(CBr)CC12CC3CC(CC(C3)C1)C2. The molecule has 4 rings (SSSR count). The summed E-state index contributed by atoms with van der Waals surface area (Å²) in [6.07, 6.45) is 9.72. The highest BCUT2D eigenvalue weighted by atomic mass is 79.9. The Hall–Kier alpha value is 0.440. The first kappa shape index (κ1) is 10.6. The largest absolute Gasteiger partial charge is 0.392 e. The molecule has 0 aliphatic heterocycles. The third-order valence-electron chi connectivity index (χ3n) is 5.01. The van der Waals surface area contributed by atoms with Crippen molar-refractivity contribution in [1.82, 2.24) is 0 Å². The van der Waals surface area contributed by atoms with Gasteiger partial charge in [0.1, 0.15) is 0 Å². The van der Waals surface area contributed by atoms with Gasteiger partial charge in [0.2, 0.25) is 0 Å². The van der Waals surface area contributed by atoms with E-state index in [4.69, 9.17) is 0 Å². The lowest BCUT2D eigenvalue weighted by Gasteiger charge is -2.57. The first-order valence-electron chi connectivity index (χ1n) is 6.43. The van der Waals surface area contributed by atoms with Gasteiger partial charge in [-0.05, 0) is 68.1 Å². The summed E-state index contributed by atoms with van der Waals surface area (Å²) in [5.74, 6) is 3.04. The minimum atomic E-state index is -0.110. The molecule has 0 aromatic carbocycles. The van der Waals surface area contributed by atoms with Crippen molar-refractivity contribution < 1.29 is 5.11 Å². The smallest absolute Gasteiger partial charge is 0.0642 e. The molecule has 1 nitrogen and oxygen atoms in total. The van der Waals surface area contributed by atoms with E-state index in [2.05, 4.69) is 15.9 Å². The Morgan fingerprint density at radius 3 is 1.93 bits per heavy atom. The quantitative estimate of drug-likeness (QED) is 0.782. The monoisotopic (exact) mass is 272 g/mol. The first-order chi connectivity index (χ1) is 7.19. The van der Waals surface area contributed by atoms with E-state index in [1.165, 1.54) is 38.5 Å². The van der Waals surface area contributed by atoms with Gasteiger partial charge in [-0.2, -0.15) is 0 Å². The van der Waals surface area contributed by atoms with Crippen LogP contribution < -0.4 is 0 Å². The van der Waals surface area contributed by atoms with Crippen molar-refractivity contribution in [3.63, 3.8) is 0 Å². The summed E-state index contributed by atoms with van der Waals surface area (Å²) in [7, 11) is 0. The second kappa shape index (κ2) is 3.73. The van der Waals surface area contributed by atoms with Crippen LogP contribution in [0.4, 0.5) is 0 Å². The van der Waals surface area contributed by atoms with Crippen LogP contribution in [0.3, 0.4) is 0 Å². The normalized spacial score (nSPS) is 49.6. The highest BCUT2D eigenvalue weighted by Gasteiger charge is 2.51. The molecule has 4 bridgehead atoms. The number of rotatable bonds is 3. The summed E-state index contributed by atoms with van der Waals surface area (Å²) < 4.78 is 0. The molecule has 0 amide bonds.